The topological polar surface area (TPSA) is 88.8 Å². The first-order valence-corrected chi connectivity index (χ1v) is 11.7. The van der Waals surface area contributed by atoms with Crippen molar-refractivity contribution in [3.05, 3.63) is 60.2 Å². The van der Waals surface area contributed by atoms with Gasteiger partial charge in [-0.25, -0.2) is 9.97 Å². The summed E-state index contributed by atoms with van der Waals surface area (Å²) in [6.45, 7) is 1.92. The standard InChI is InChI=1S/C23H15B8N7O/c1-11-33-10-16(37(11)2)12-3-4-15-14(7-12)8-17(36-35-15)34-19(39)13-5-6-32-18(9-13)38-22(28,29)20(24,25)21(26,27)23(38,30)31/h3-10H,1-2H3,(H,34,36,39). The van der Waals surface area contributed by atoms with Crippen LogP contribution in [0.25, 0.3) is 22.2 Å². The number of pyridine rings is 1. The quantitative estimate of drug-likeness (QED) is 0.394. The van der Waals surface area contributed by atoms with E-state index in [0.717, 1.165) is 27.4 Å². The Labute approximate surface area is 237 Å². The summed E-state index contributed by atoms with van der Waals surface area (Å²) in [7, 11) is 51.2. The number of nitrogens with zero attached hydrogens (tertiary/aromatic N) is 6. The first-order chi connectivity index (χ1) is 18.1. The van der Waals surface area contributed by atoms with Crippen molar-refractivity contribution in [2.45, 2.75) is 28.0 Å². The number of carbonyl (C=O) groups excluding carboxylic acids is 1. The third-order valence-corrected chi connectivity index (χ3v) is 7.33. The lowest BCUT2D eigenvalue weighted by Crippen LogP contribution is -2.60. The molecule has 4 heterocycles. The van der Waals surface area contributed by atoms with Crippen molar-refractivity contribution in [2.75, 3.05) is 10.2 Å². The molecule has 1 aliphatic heterocycles. The summed E-state index contributed by atoms with van der Waals surface area (Å²) in [5.74, 6) is 0.529. The molecule has 1 aromatic carbocycles. The maximum Gasteiger partial charge on any atom is 0.257 e. The Balaban J connectivity index is 1.45. The molecular formula is C23H15B8N7O. The van der Waals surface area contributed by atoms with Crippen molar-refractivity contribution >= 4 is 91.2 Å². The molecule has 1 N–H and O–H groups in total. The predicted molar refractivity (Wildman–Crippen MR) is 158 cm³/mol. The summed E-state index contributed by atoms with van der Waals surface area (Å²) < 4.78 is 1.98. The smallest absolute Gasteiger partial charge is 0.257 e. The van der Waals surface area contributed by atoms with Gasteiger partial charge in [0.1, 0.15) is 11.6 Å². The lowest BCUT2D eigenvalue weighted by atomic mass is 9.17. The maximum absolute atomic E-state index is 13.2. The minimum absolute atomic E-state index is 0.0311. The van der Waals surface area contributed by atoms with Gasteiger partial charge < -0.3 is 14.8 Å². The maximum atomic E-state index is 13.2. The Bertz CT molecular complexity index is 1600. The molecular weight excluding hydrogens is 477 g/mol. The number of hydrogen-bond donors (Lipinski definition) is 1. The summed E-state index contributed by atoms with van der Waals surface area (Å²) in [6, 6.07) is 10.2. The second-order valence-corrected chi connectivity index (χ2v) is 9.83. The van der Waals surface area contributed by atoms with Crippen LogP contribution < -0.4 is 10.2 Å². The van der Waals surface area contributed by atoms with E-state index in [4.69, 9.17) is 62.8 Å². The number of benzene rings is 1. The van der Waals surface area contributed by atoms with E-state index in [1.165, 1.54) is 18.3 Å². The third-order valence-electron chi connectivity index (χ3n) is 7.33. The summed E-state index contributed by atoms with van der Waals surface area (Å²) in [6.07, 6.45) is 3.12. The van der Waals surface area contributed by atoms with E-state index < -0.39 is 27.0 Å². The largest absolute Gasteiger partial charge is 0.382 e. The second kappa shape index (κ2) is 8.86. The molecule has 5 rings (SSSR count). The molecule has 0 atom stereocenters. The van der Waals surface area contributed by atoms with Gasteiger partial charge in [-0.1, -0.05) is 6.07 Å². The molecule has 0 aliphatic carbocycles. The fourth-order valence-corrected chi connectivity index (χ4v) is 4.62. The highest BCUT2D eigenvalue weighted by Crippen LogP contribution is 2.63. The molecule has 1 aliphatic rings. The average Bonchev–Trinajstić information content (AvgIpc) is 3.23. The van der Waals surface area contributed by atoms with Crippen LogP contribution >= 0.6 is 0 Å². The highest BCUT2D eigenvalue weighted by atomic mass is 16.1. The van der Waals surface area contributed by atoms with Gasteiger partial charge in [0.05, 0.1) is 80.2 Å². The molecule has 3 aromatic heterocycles. The number of carbonyl (C=O) groups is 1. The zero-order valence-electron chi connectivity index (χ0n) is 21.3. The SMILES string of the molecule is [B]C1([B])N(c2cc(C(=O)Nc3cc4cc(-c5cnc(C)n5C)ccc4nn3)ccn2)C([B])([B])C([B])([B])C1([B])[B]. The van der Waals surface area contributed by atoms with Crippen LogP contribution in [-0.2, 0) is 7.05 Å². The molecule has 8 nitrogen and oxygen atoms in total. The number of rotatable bonds is 4. The van der Waals surface area contributed by atoms with Crippen LogP contribution in [-0.4, -0.2) is 104 Å². The summed E-state index contributed by atoms with van der Waals surface area (Å²) >= 11 is 0. The molecule has 1 saturated heterocycles. The van der Waals surface area contributed by atoms with Gasteiger partial charge in [-0.2, -0.15) is 0 Å². The van der Waals surface area contributed by atoms with Crippen LogP contribution in [0, 0.1) is 6.92 Å². The van der Waals surface area contributed by atoms with Crippen LogP contribution in [0.15, 0.2) is 48.8 Å². The zero-order valence-corrected chi connectivity index (χ0v) is 21.3. The molecule has 0 saturated carbocycles. The number of imidazole rings is 1. The molecule has 0 bridgehead atoms. The molecule has 0 spiro atoms. The fourth-order valence-electron chi connectivity index (χ4n) is 4.62. The Morgan fingerprint density at radius 2 is 1.54 bits per heavy atom. The average molecular weight is 492 g/mol. The van der Waals surface area contributed by atoms with E-state index in [2.05, 4.69) is 25.5 Å². The van der Waals surface area contributed by atoms with E-state index in [0.29, 0.717) is 5.52 Å². The molecule has 1 amide bonds. The van der Waals surface area contributed by atoms with Crippen molar-refractivity contribution < 1.29 is 4.79 Å². The number of nitrogens with one attached hydrogen (secondary N) is 1. The molecule has 39 heavy (non-hydrogen) atoms. The van der Waals surface area contributed by atoms with Crippen molar-refractivity contribution in [1.82, 2.24) is 24.7 Å². The lowest BCUT2D eigenvalue weighted by molar-refractivity contribution is 0.102. The number of anilines is 2. The summed E-state index contributed by atoms with van der Waals surface area (Å²) in [5, 5.41) is 3.20. The number of amides is 1. The van der Waals surface area contributed by atoms with Crippen molar-refractivity contribution in [3.63, 3.8) is 0 Å². The molecule has 1 fully saturated rings. The van der Waals surface area contributed by atoms with Crippen LogP contribution in [0.5, 0.6) is 0 Å². The van der Waals surface area contributed by atoms with Gasteiger partial charge in [0.15, 0.2) is 5.82 Å². The van der Waals surface area contributed by atoms with Gasteiger partial charge in [-0.3, -0.25) is 4.79 Å². The first kappa shape index (κ1) is 27.3. The van der Waals surface area contributed by atoms with Gasteiger partial charge in [0, 0.05) is 29.8 Å². The van der Waals surface area contributed by atoms with Crippen molar-refractivity contribution in [3.8, 4) is 11.3 Å². The van der Waals surface area contributed by atoms with Crippen LogP contribution in [0.1, 0.15) is 16.2 Å². The first-order valence-electron chi connectivity index (χ1n) is 11.7. The minimum atomic E-state index is -2.16. The molecule has 0 unspecified atom stereocenters. The van der Waals surface area contributed by atoms with E-state index >= 15 is 0 Å². The molecule has 4 aromatic rings. The second-order valence-electron chi connectivity index (χ2n) is 9.83. The van der Waals surface area contributed by atoms with Gasteiger partial charge in [-0.05, 0) is 47.9 Å². The zero-order chi connectivity index (χ0) is 28.5. The molecule has 16 heteroatoms. The fraction of sp³-hybridized carbons (Fsp3) is 0.261. The van der Waals surface area contributed by atoms with Gasteiger partial charge in [-0.15, -0.1) is 20.6 Å². The Morgan fingerprint density at radius 1 is 0.872 bits per heavy atom. The van der Waals surface area contributed by atoms with E-state index in [-0.39, 0.29) is 17.2 Å². The lowest BCUT2D eigenvalue weighted by Gasteiger charge is -2.49. The number of aryl methyl sites for hydroxylation is 1. The van der Waals surface area contributed by atoms with Crippen LogP contribution in [0.3, 0.4) is 0 Å². The number of aromatic nitrogens is 5. The summed E-state index contributed by atoms with van der Waals surface area (Å²) in [5.41, 5.74) is 2.66. The third kappa shape index (κ3) is 3.97. The number of fused-ring (bicyclic) bond motifs is 1. The summed E-state index contributed by atoms with van der Waals surface area (Å²) in [4.78, 5) is 22.7. The van der Waals surface area contributed by atoms with E-state index in [1.807, 2.05) is 36.7 Å². The molecule has 172 valence electrons. The van der Waals surface area contributed by atoms with Crippen LogP contribution in [0.4, 0.5) is 11.6 Å². The Kier molecular flexibility index (Phi) is 6.20. The van der Waals surface area contributed by atoms with Gasteiger partial charge in [0.25, 0.3) is 5.91 Å². The van der Waals surface area contributed by atoms with E-state index in [1.54, 1.807) is 12.3 Å². The highest BCUT2D eigenvalue weighted by molar-refractivity contribution is 6.69. The van der Waals surface area contributed by atoms with Crippen molar-refractivity contribution in [2.24, 2.45) is 7.05 Å². The Hall–Kier alpha value is -3.29. The van der Waals surface area contributed by atoms with E-state index in [9.17, 15) is 4.79 Å². The van der Waals surface area contributed by atoms with Gasteiger partial charge in [0.2, 0.25) is 0 Å². The minimum Gasteiger partial charge on any atom is -0.382 e. The Morgan fingerprint density at radius 3 is 2.15 bits per heavy atom. The molecule has 16 radical (unpaired) electrons. The van der Waals surface area contributed by atoms with Crippen molar-refractivity contribution in [1.29, 1.82) is 0 Å². The predicted octanol–water partition coefficient (Wildman–Crippen LogP) is -0.306. The van der Waals surface area contributed by atoms with Gasteiger partial charge >= 0.3 is 0 Å². The highest BCUT2D eigenvalue weighted by Gasteiger charge is 2.63. The van der Waals surface area contributed by atoms with Crippen LogP contribution in [0.2, 0.25) is 10.4 Å². The normalized spacial score (nSPS) is 18.7. The number of hydrogen-bond acceptors (Lipinski definition) is 6. The monoisotopic (exact) mass is 493 g/mol.